The highest BCUT2D eigenvalue weighted by molar-refractivity contribution is 4.78. The van der Waals surface area contributed by atoms with Gasteiger partial charge >= 0.3 is 0 Å². The molecule has 0 heterocycles. The topological polar surface area (TPSA) is 21.3 Å². The average molecular weight is 213 g/mol. The molecule has 0 spiro atoms. The van der Waals surface area contributed by atoms with Gasteiger partial charge in [0.15, 0.2) is 0 Å². The molecule has 1 aliphatic rings. The highest BCUT2D eigenvalue weighted by Gasteiger charge is 2.22. The average Bonchev–Trinajstić information content (AvgIpc) is 2.29. The molecule has 0 bridgehead atoms. The fraction of sp³-hybridized carbons (Fsp3) is 1.00. The van der Waals surface area contributed by atoms with E-state index in [9.17, 15) is 0 Å². The first-order chi connectivity index (χ1) is 7.38. The molecular weight excluding hydrogens is 186 g/mol. The Morgan fingerprint density at radius 3 is 2.60 bits per heavy atom. The van der Waals surface area contributed by atoms with Crippen LogP contribution in [-0.4, -0.2) is 26.3 Å². The summed E-state index contributed by atoms with van der Waals surface area (Å²) in [6.07, 6.45) is 9.69. The summed E-state index contributed by atoms with van der Waals surface area (Å²) in [7, 11) is 1.79. The Kier molecular flexibility index (Phi) is 7.03. The third kappa shape index (κ3) is 4.98. The number of nitrogens with one attached hydrogen (secondary N) is 1. The highest BCUT2D eigenvalue weighted by atomic mass is 16.5. The zero-order valence-electron chi connectivity index (χ0n) is 10.4. The molecule has 1 aliphatic carbocycles. The molecule has 1 atom stereocenters. The monoisotopic (exact) mass is 213 g/mol. The van der Waals surface area contributed by atoms with Gasteiger partial charge in [0, 0.05) is 19.8 Å². The summed E-state index contributed by atoms with van der Waals surface area (Å²) >= 11 is 0. The van der Waals surface area contributed by atoms with Gasteiger partial charge in [0.05, 0.1) is 0 Å². The van der Waals surface area contributed by atoms with E-state index in [0.29, 0.717) is 0 Å². The summed E-state index contributed by atoms with van der Waals surface area (Å²) in [5, 5.41) is 3.66. The Bertz CT molecular complexity index is 143. The zero-order chi connectivity index (χ0) is 10.9. The van der Waals surface area contributed by atoms with Gasteiger partial charge in [-0.05, 0) is 38.1 Å². The predicted octanol–water partition coefficient (Wildman–Crippen LogP) is 2.97. The number of rotatable bonds is 7. The van der Waals surface area contributed by atoms with Crippen molar-refractivity contribution in [1.82, 2.24) is 5.32 Å². The maximum Gasteiger partial charge on any atom is 0.0462 e. The van der Waals surface area contributed by atoms with Crippen molar-refractivity contribution in [2.75, 3.05) is 20.3 Å². The third-order valence-corrected chi connectivity index (χ3v) is 3.55. The summed E-state index contributed by atoms with van der Waals surface area (Å²) in [6.45, 7) is 4.23. The van der Waals surface area contributed by atoms with Gasteiger partial charge in [-0.3, -0.25) is 0 Å². The number of hydrogen-bond acceptors (Lipinski definition) is 2. The molecule has 1 saturated carbocycles. The summed E-state index contributed by atoms with van der Waals surface area (Å²) in [5.74, 6) is 0.926. The van der Waals surface area contributed by atoms with Crippen LogP contribution in [-0.2, 0) is 4.74 Å². The number of ether oxygens (including phenoxy) is 1. The van der Waals surface area contributed by atoms with E-state index in [2.05, 4.69) is 12.2 Å². The minimum absolute atomic E-state index is 0.741. The Morgan fingerprint density at radius 2 is 2.00 bits per heavy atom. The van der Waals surface area contributed by atoms with Gasteiger partial charge in [0.1, 0.15) is 0 Å². The van der Waals surface area contributed by atoms with Crippen molar-refractivity contribution in [3.05, 3.63) is 0 Å². The van der Waals surface area contributed by atoms with Crippen molar-refractivity contribution in [1.29, 1.82) is 0 Å². The van der Waals surface area contributed by atoms with Crippen molar-refractivity contribution >= 4 is 0 Å². The van der Waals surface area contributed by atoms with E-state index in [1.54, 1.807) is 7.11 Å². The van der Waals surface area contributed by atoms with Crippen molar-refractivity contribution in [3.8, 4) is 0 Å². The normalized spacial score (nSPS) is 20.4. The summed E-state index contributed by atoms with van der Waals surface area (Å²) in [4.78, 5) is 0. The van der Waals surface area contributed by atoms with Gasteiger partial charge in [0.25, 0.3) is 0 Å². The SMILES string of the molecule is CCNC(CCCOC)C1CCCCC1. The zero-order valence-corrected chi connectivity index (χ0v) is 10.4. The van der Waals surface area contributed by atoms with E-state index in [4.69, 9.17) is 4.74 Å². The van der Waals surface area contributed by atoms with Crippen LogP contribution in [0, 0.1) is 5.92 Å². The smallest absolute Gasteiger partial charge is 0.0462 e. The largest absolute Gasteiger partial charge is 0.385 e. The summed E-state index contributed by atoms with van der Waals surface area (Å²) < 4.78 is 5.13. The molecular formula is C13H27NO. The molecule has 2 heteroatoms. The van der Waals surface area contributed by atoms with Crippen molar-refractivity contribution in [2.45, 2.75) is 57.9 Å². The molecule has 2 nitrogen and oxygen atoms in total. The van der Waals surface area contributed by atoms with Crippen LogP contribution in [0.25, 0.3) is 0 Å². The molecule has 1 unspecified atom stereocenters. The molecule has 0 radical (unpaired) electrons. The first kappa shape index (κ1) is 13.0. The van der Waals surface area contributed by atoms with Crippen LogP contribution >= 0.6 is 0 Å². The molecule has 0 saturated heterocycles. The lowest BCUT2D eigenvalue weighted by Crippen LogP contribution is -2.37. The van der Waals surface area contributed by atoms with E-state index >= 15 is 0 Å². The molecule has 1 N–H and O–H groups in total. The van der Waals surface area contributed by atoms with E-state index in [1.165, 1.54) is 44.9 Å². The lowest BCUT2D eigenvalue weighted by molar-refractivity contribution is 0.178. The molecule has 0 aromatic heterocycles. The second kappa shape index (κ2) is 8.12. The Balaban J connectivity index is 2.26. The molecule has 1 fully saturated rings. The number of hydrogen-bond donors (Lipinski definition) is 1. The van der Waals surface area contributed by atoms with Crippen LogP contribution in [0.4, 0.5) is 0 Å². The van der Waals surface area contributed by atoms with Crippen molar-refractivity contribution < 1.29 is 4.74 Å². The van der Waals surface area contributed by atoms with Gasteiger partial charge in [-0.1, -0.05) is 26.2 Å². The molecule has 90 valence electrons. The molecule has 15 heavy (non-hydrogen) atoms. The lowest BCUT2D eigenvalue weighted by Gasteiger charge is -2.31. The minimum atomic E-state index is 0.741. The van der Waals surface area contributed by atoms with Gasteiger partial charge in [-0.25, -0.2) is 0 Å². The van der Waals surface area contributed by atoms with Gasteiger partial charge in [-0.15, -0.1) is 0 Å². The van der Waals surface area contributed by atoms with Crippen LogP contribution in [0.15, 0.2) is 0 Å². The highest BCUT2D eigenvalue weighted by Crippen LogP contribution is 2.28. The first-order valence-electron chi connectivity index (χ1n) is 6.60. The van der Waals surface area contributed by atoms with Crippen molar-refractivity contribution in [3.63, 3.8) is 0 Å². The fourth-order valence-corrected chi connectivity index (χ4v) is 2.75. The summed E-state index contributed by atoms with van der Waals surface area (Å²) in [6, 6.07) is 0.741. The maximum atomic E-state index is 5.13. The Labute approximate surface area is 94.8 Å². The number of methoxy groups -OCH3 is 1. The third-order valence-electron chi connectivity index (χ3n) is 3.55. The van der Waals surface area contributed by atoms with Crippen LogP contribution in [0.2, 0.25) is 0 Å². The predicted molar refractivity (Wildman–Crippen MR) is 65.1 cm³/mol. The van der Waals surface area contributed by atoms with Crippen LogP contribution in [0.5, 0.6) is 0 Å². The molecule has 1 rings (SSSR count). The van der Waals surface area contributed by atoms with Crippen molar-refractivity contribution in [2.24, 2.45) is 5.92 Å². The molecule has 0 amide bonds. The second-order valence-corrected chi connectivity index (χ2v) is 4.70. The molecule has 0 aromatic rings. The maximum absolute atomic E-state index is 5.13. The van der Waals surface area contributed by atoms with E-state index < -0.39 is 0 Å². The molecule has 0 aromatic carbocycles. The first-order valence-corrected chi connectivity index (χ1v) is 6.60. The van der Waals surface area contributed by atoms with E-state index in [0.717, 1.165) is 25.1 Å². The van der Waals surface area contributed by atoms with Gasteiger partial charge < -0.3 is 10.1 Å². The van der Waals surface area contributed by atoms with Crippen LogP contribution in [0.1, 0.15) is 51.9 Å². The van der Waals surface area contributed by atoms with Crippen LogP contribution in [0.3, 0.4) is 0 Å². The Morgan fingerprint density at radius 1 is 1.27 bits per heavy atom. The molecule has 0 aliphatic heterocycles. The van der Waals surface area contributed by atoms with E-state index in [1.807, 2.05) is 0 Å². The van der Waals surface area contributed by atoms with Crippen LogP contribution < -0.4 is 5.32 Å². The standard InChI is InChI=1S/C13H27NO/c1-3-14-13(10-7-11-15-2)12-8-5-4-6-9-12/h12-14H,3-11H2,1-2H3. The van der Waals surface area contributed by atoms with Gasteiger partial charge in [-0.2, -0.15) is 0 Å². The second-order valence-electron chi connectivity index (χ2n) is 4.70. The fourth-order valence-electron chi connectivity index (χ4n) is 2.75. The van der Waals surface area contributed by atoms with Gasteiger partial charge in [0.2, 0.25) is 0 Å². The summed E-state index contributed by atoms with van der Waals surface area (Å²) in [5.41, 5.74) is 0. The quantitative estimate of drug-likeness (QED) is 0.656. The lowest BCUT2D eigenvalue weighted by atomic mass is 9.82. The van der Waals surface area contributed by atoms with E-state index in [-0.39, 0.29) is 0 Å². The Hall–Kier alpha value is -0.0800. The minimum Gasteiger partial charge on any atom is -0.385 e.